The Balaban J connectivity index is 2.95. The van der Waals surface area contributed by atoms with E-state index in [1.165, 1.54) is 18.4 Å². The summed E-state index contributed by atoms with van der Waals surface area (Å²) in [4.78, 5) is 12.1. The molecule has 0 saturated carbocycles. The quantitative estimate of drug-likeness (QED) is 0.698. The fourth-order valence-electron chi connectivity index (χ4n) is 1.19. The summed E-state index contributed by atoms with van der Waals surface area (Å²) in [5.41, 5.74) is 1.11. The fraction of sp³-hybridized carbons (Fsp3) is 0.500. The number of ether oxygens (including phenoxy) is 1. The van der Waals surface area contributed by atoms with Crippen molar-refractivity contribution >= 4 is 17.3 Å². The number of methoxy groups -OCH3 is 1. The second-order valence-corrected chi connectivity index (χ2v) is 3.92. The lowest BCUT2D eigenvalue weighted by Gasteiger charge is -2.08. The van der Waals surface area contributed by atoms with Crippen molar-refractivity contribution in [3.05, 3.63) is 21.9 Å². The molecule has 0 N–H and O–H groups in total. The van der Waals surface area contributed by atoms with Gasteiger partial charge in [0.1, 0.15) is 4.88 Å². The Kier molecular flexibility index (Phi) is 3.48. The van der Waals surface area contributed by atoms with Crippen LogP contribution in [0.3, 0.4) is 0 Å². The Morgan fingerprint density at radius 3 is 2.92 bits per heavy atom. The predicted octanol–water partition coefficient (Wildman–Crippen LogP) is 3.05. The van der Waals surface area contributed by atoms with E-state index in [-0.39, 0.29) is 5.97 Å². The van der Waals surface area contributed by atoms with Crippen LogP contribution in [0.4, 0.5) is 0 Å². The average molecular weight is 198 g/mol. The van der Waals surface area contributed by atoms with E-state index in [1.54, 1.807) is 0 Å². The summed E-state index contributed by atoms with van der Waals surface area (Å²) in [6, 6.07) is 2.01. The topological polar surface area (TPSA) is 26.3 Å². The van der Waals surface area contributed by atoms with Crippen LogP contribution >= 0.6 is 11.3 Å². The fourth-order valence-corrected chi connectivity index (χ4v) is 2.12. The van der Waals surface area contributed by atoms with Crippen molar-refractivity contribution in [2.24, 2.45) is 0 Å². The number of carbonyl (C=O) groups is 1. The summed E-state index contributed by atoms with van der Waals surface area (Å²) in [7, 11) is 1.42. The molecule has 0 aliphatic carbocycles. The van der Waals surface area contributed by atoms with E-state index in [1.807, 2.05) is 11.4 Å². The third-order valence-corrected chi connectivity index (χ3v) is 3.12. The van der Waals surface area contributed by atoms with Crippen molar-refractivity contribution in [2.45, 2.75) is 26.2 Å². The minimum absolute atomic E-state index is 0.217. The summed E-state index contributed by atoms with van der Waals surface area (Å²) in [6.45, 7) is 4.23. The van der Waals surface area contributed by atoms with Crippen LogP contribution in [-0.2, 0) is 4.74 Å². The van der Waals surface area contributed by atoms with Gasteiger partial charge in [-0.3, -0.25) is 0 Å². The number of carbonyl (C=O) groups excluding carboxylic acids is 1. The molecule has 1 atom stereocenters. The van der Waals surface area contributed by atoms with Gasteiger partial charge in [0.05, 0.1) is 7.11 Å². The standard InChI is InChI=1S/C10H14O2S/c1-4-7(2)8-5-6-13-9(8)10(11)12-3/h5-7H,4H2,1-3H3. The molecule has 72 valence electrons. The molecule has 0 fully saturated rings. The maximum atomic E-state index is 11.3. The molecule has 3 heteroatoms. The molecule has 1 unspecified atom stereocenters. The van der Waals surface area contributed by atoms with Crippen LogP contribution in [0.15, 0.2) is 11.4 Å². The monoisotopic (exact) mass is 198 g/mol. The Labute approximate surface area is 82.5 Å². The molecule has 0 aliphatic heterocycles. The molecule has 0 aromatic carbocycles. The van der Waals surface area contributed by atoms with Crippen molar-refractivity contribution < 1.29 is 9.53 Å². The van der Waals surface area contributed by atoms with Crippen molar-refractivity contribution in [1.29, 1.82) is 0 Å². The van der Waals surface area contributed by atoms with Gasteiger partial charge in [0.15, 0.2) is 0 Å². The number of rotatable bonds is 3. The molecule has 1 aromatic heterocycles. The average Bonchev–Trinajstić information content (AvgIpc) is 2.63. The largest absolute Gasteiger partial charge is 0.465 e. The van der Waals surface area contributed by atoms with E-state index in [4.69, 9.17) is 4.74 Å². The second kappa shape index (κ2) is 4.42. The molecule has 0 saturated heterocycles. The predicted molar refractivity (Wildman–Crippen MR) is 54.4 cm³/mol. The van der Waals surface area contributed by atoms with E-state index >= 15 is 0 Å². The summed E-state index contributed by atoms with van der Waals surface area (Å²) in [6.07, 6.45) is 1.04. The first-order valence-corrected chi connectivity index (χ1v) is 5.24. The van der Waals surface area contributed by atoms with E-state index in [9.17, 15) is 4.79 Å². The van der Waals surface area contributed by atoms with Gasteiger partial charge in [0, 0.05) is 0 Å². The van der Waals surface area contributed by atoms with Crippen molar-refractivity contribution in [2.75, 3.05) is 7.11 Å². The molecule has 0 aliphatic rings. The van der Waals surface area contributed by atoms with E-state index in [0.717, 1.165) is 16.9 Å². The highest BCUT2D eigenvalue weighted by Gasteiger charge is 2.16. The van der Waals surface area contributed by atoms with Crippen LogP contribution in [-0.4, -0.2) is 13.1 Å². The molecule has 0 amide bonds. The zero-order valence-corrected chi connectivity index (χ0v) is 8.98. The Morgan fingerprint density at radius 2 is 2.38 bits per heavy atom. The van der Waals surface area contributed by atoms with Gasteiger partial charge >= 0.3 is 5.97 Å². The van der Waals surface area contributed by atoms with Gasteiger partial charge in [-0.1, -0.05) is 13.8 Å². The maximum Gasteiger partial charge on any atom is 0.348 e. The zero-order valence-electron chi connectivity index (χ0n) is 8.16. The van der Waals surface area contributed by atoms with Crippen LogP contribution in [0.25, 0.3) is 0 Å². The van der Waals surface area contributed by atoms with Gasteiger partial charge in [0.25, 0.3) is 0 Å². The van der Waals surface area contributed by atoms with Crippen molar-refractivity contribution in [3.63, 3.8) is 0 Å². The van der Waals surface area contributed by atoms with Crippen LogP contribution in [0.5, 0.6) is 0 Å². The SMILES string of the molecule is CCC(C)c1ccsc1C(=O)OC. The lowest BCUT2D eigenvalue weighted by Crippen LogP contribution is -2.03. The Hall–Kier alpha value is -0.830. The molecule has 13 heavy (non-hydrogen) atoms. The first kappa shape index (κ1) is 10.3. The Bertz CT molecular complexity index is 291. The number of hydrogen-bond donors (Lipinski definition) is 0. The van der Waals surface area contributed by atoms with Crippen LogP contribution in [0.1, 0.15) is 41.4 Å². The smallest absolute Gasteiger partial charge is 0.348 e. The maximum absolute atomic E-state index is 11.3. The van der Waals surface area contributed by atoms with Crippen LogP contribution in [0, 0.1) is 0 Å². The van der Waals surface area contributed by atoms with Crippen molar-refractivity contribution in [3.8, 4) is 0 Å². The normalized spacial score (nSPS) is 12.5. The molecule has 0 radical (unpaired) electrons. The van der Waals surface area contributed by atoms with Gasteiger partial charge < -0.3 is 4.74 Å². The number of esters is 1. The van der Waals surface area contributed by atoms with Gasteiger partial charge in [-0.15, -0.1) is 11.3 Å². The van der Waals surface area contributed by atoms with Crippen molar-refractivity contribution in [1.82, 2.24) is 0 Å². The summed E-state index contributed by atoms with van der Waals surface area (Å²) >= 11 is 1.45. The van der Waals surface area contributed by atoms with E-state index in [2.05, 4.69) is 13.8 Å². The highest BCUT2D eigenvalue weighted by atomic mass is 32.1. The van der Waals surface area contributed by atoms with Crippen LogP contribution in [0.2, 0.25) is 0 Å². The van der Waals surface area contributed by atoms with Gasteiger partial charge in [-0.2, -0.15) is 0 Å². The summed E-state index contributed by atoms with van der Waals surface area (Å²) in [5.74, 6) is 0.214. The van der Waals surface area contributed by atoms with Gasteiger partial charge in [-0.25, -0.2) is 4.79 Å². The molecule has 1 heterocycles. The highest BCUT2D eigenvalue weighted by molar-refractivity contribution is 7.12. The first-order chi connectivity index (χ1) is 6.20. The summed E-state index contributed by atoms with van der Waals surface area (Å²) < 4.78 is 4.70. The molecular weight excluding hydrogens is 184 g/mol. The van der Waals surface area contributed by atoms with Gasteiger partial charge in [0.2, 0.25) is 0 Å². The lowest BCUT2D eigenvalue weighted by atomic mass is 9.99. The highest BCUT2D eigenvalue weighted by Crippen LogP contribution is 2.27. The Morgan fingerprint density at radius 1 is 1.69 bits per heavy atom. The van der Waals surface area contributed by atoms with Gasteiger partial charge in [-0.05, 0) is 29.3 Å². The van der Waals surface area contributed by atoms with Crippen LogP contribution < -0.4 is 0 Å². The molecular formula is C10H14O2S. The molecule has 1 rings (SSSR count). The molecule has 2 nitrogen and oxygen atoms in total. The number of hydrogen-bond acceptors (Lipinski definition) is 3. The second-order valence-electron chi connectivity index (χ2n) is 3.01. The third kappa shape index (κ3) is 2.10. The zero-order chi connectivity index (χ0) is 9.84. The molecule has 0 spiro atoms. The first-order valence-electron chi connectivity index (χ1n) is 4.36. The summed E-state index contributed by atoms with van der Waals surface area (Å²) in [5, 5.41) is 1.94. The van der Waals surface area contributed by atoms with E-state index < -0.39 is 0 Å². The molecule has 1 aromatic rings. The minimum atomic E-state index is -0.217. The lowest BCUT2D eigenvalue weighted by molar-refractivity contribution is 0.0604. The third-order valence-electron chi connectivity index (χ3n) is 2.21. The van der Waals surface area contributed by atoms with E-state index in [0.29, 0.717) is 5.92 Å². The minimum Gasteiger partial charge on any atom is -0.465 e. The molecule has 0 bridgehead atoms. The number of thiophene rings is 1.